The predicted octanol–water partition coefficient (Wildman–Crippen LogP) is 10.2. The second-order valence-electron chi connectivity index (χ2n) is 10.1. The number of fused-ring (bicyclic) bond motifs is 3. The minimum atomic E-state index is 0.676. The molecule has 5 nitrogen and oxygen atoms in total. The molecule has 1 aromatic heterocycles. The summed E-state index contributed by atoms with van der Waals surface area (Å²) in [5.74, 6) is 2.96. The molecule has 0 unspecified atom stereocenters. The molecule has 0 radical (unpaired) electrons. The highest BCUT2D eigenvalue weighted by Crippen LogP contribution is 2.52. The van der Waals surface area contributed by atoms with E-state index >= 15 is 0 Å². The van der Waals surface area contributed by atoms with E-state index < -0.39 is 0 Å². The zero-order valence-corrected chi connectivity index (χ0v) is 25.0. The Hall–Kier alpha value is -4.81. The number of aromatic nitrogens is 1. The van der Waals surface area contributed by atoms with Crippen molar-refractivity contribution in [3.05, 3.63) is 119 Å². The summed E-state index contributed by atoms with van der Waals surface area (Å²) in [4.78, 5) is 7.62. The lowest BCUT2D eigenvalue weighted by molar-refractivity contribution is 0.355. The molecule has 0 aliphatic carbocycles. The van der Waals surface area contributed by atoms with Gasteiger partial charge in [-0.25, -0.2) is 4.98 Å². The maximum atomic E-state index is 6.32. The summed E-state index contributed by atoms with van der Waals surface area (Å²) in [6, 6.07) is 37.1. The average Bonchev–Trinajstić information content (AvgIpc) is 3.03. The number of hydrogen-bond acceptors (Lipinski definition) is 5. The molecule has 6 heteroatoms. The molecule has 0 amide bonds. The van der Waals surface area contributed by atoms with Crippen LogP contribution in [0.1, 0.15) is 5.56 Å². The third kappa shape index (κ3) is 4.35. The summed E-state index contributed by atoms with van der Waals surface area (Å²) in [5.41, 5.74) is 8.90. The van der Waals surface area contributed by atoms with Crippen LogP contribution in [0.3, 0.4) is 0 Å². The maximum Gasteiger partial charge on any atom is 0.161 e. The highest BCUT2D eigenvalue weighted by molar-refractivity contribution is 9.10. The van der Waals surface area contributed by atoms with E-state index in [1.807, 2.05) is 60.7 Å². The second-order valence-corrected chi connectivity index (χ2v) is 11.0. The van der Waals surface area contributed by atoms with Gasteiger partial charge in [-0.1, -0.05) is 64.5 Å². The topological polar surface area (TPSA) is 43.8 Å². The van der Waals surface area contributed by atoms with E-state index in [9.17, 15) is 0 Å². The summed E-state index contributed by atoms with van der Waals surface area (Å²) in [7, 11) is 3.32. The van der Waals surface area contributed by atoms with Gasteiger partial charge in [-0.05, 0) is 84.3 Å². The Morgan fingerprint density at radius 1 is 0.667 bits per heavy atom. The molecule has 1 aliphatic rings. The summed E-state index contributed by atoms with van der Waals surface area (Å²) in [6.07, 6.45) is 0. The molecule has 2 heterocycles. The van der Waals surface area contributed by atoms with Crippen molar-refractivity contribution in [3.63, 3.8) is 0 Å². The lowest BCUT2D eigenvalue weighted by Crippen LogP contribution is -2.16. The number of benzene rings is 5. The van der Waals surface area contributed by atoms with E-state index in [0.717, 1.165) is 71.9 Å². The predicted molar refractivity (Wildman–Crippen MR) is 173 cm³/mol. The van der Waals surface area contributed by atoms with Gasteiger partial charge in [0.15, 0.2) is 23.0 Å². The van der Waals surface area contributed by atoms with E-state index in [-0.39, 0.29) is 0 Å². The quantitative estimate of drug-likeness (QED) is 0.193. The molecule has 0 N–H and O–H groups in total. The fraction of sp³-hybridized carbons (Fsp3) is 0.0833. The fourth-order valence-corrected chi connectivity index (χ4v) is 5.90. The first-order valence-electron chi connectivity index (χ1n) is 13.6. The van der Waals surface area contributed by atoms with Gasteiger partial charge in [0.25, 0.3) is 0 Å². The van der Waals surface area contributed by atoms with Gasteiger partial charge in [0, 0.05) is 15.4 Å². The molecule has 0 atom stereocenters. The normalized spacial score (nSPS) is 12.0. The van der Waals surface area contributed by atoms with E-state index in [2.05, 4.69) is 76.3 Å². The first kappa shape index (κ1) is 26.1. The van der Waals surface area contributed by atoms with Crippen molar-refractivity contribution in [1.82, 2.24) is 4.98 Å². The van der Waals surface area contributed by atoms with Crippen LogP contribution in [0.25, 0.3) is 33.3 Å². The van der Waals surface area contributed by atoms with Gasteiger partial charge < -0.3 is 19.1 Å². The van der Waals surface area contributed by atoms with Crippen LogP contribution in [0, 0.1) is 6.92 Å². The summed E-state index contributed by atoms with van der Waals surface area (Å²) in [6.45, 7) is 2.14. The number of rotatable bonds is 5. The van der Waals surface area contributed by atoms with Crippen LogP contribution >= 0.6 is 15.9 Å². The van der Waals surface area contributed by atoms with Crippen LogP contribution in [0.15, 0.2) is 114 Å². The zero-order valence-electron chi connectivity index (χ0n) is 23.4. The second kappa shape index (κ2) is 10.5. The molecule has 0 saturated heterocycles. The van der Waals surface area contributed by atoms with Crippen molar-refractivity contribution in [1.29, 1.82) is 0 Å². The summed E-state index contributed by atoms with van der Waals surface area (Å²) >= 11 is 3.58. The Bertz CT molecular complexity index is 1930. The Labute approximate surface area is 253 Å². The number of pyridine rings is 1. The molecule has 6 aromatic rings. The molecule has 7 rings (SSSR count). The number of para-hydroxylation sites is 4. The molecule has 0 fully saturated rings. The van der Waals surface area contributed by atoms with E-state index in [1.165, 1.54) is 0 Å². The first-order chi connectivity index (χ1) is 20.6. The van der Waals surface area contributed by atoms with Crippen LogP contribution in [0.4, 0.5) is 17.1 Å². The van der Waals surface area contributed by atoms with Crippen LogP contribution in [-0.4, -0.2) is 19.2 Å². The molecule has 0 bridgehead atoms. The van der Waals surface area contributed by atoms with Gasteiger partial charge in [0.1, 0.15) is 0 Å². The average molecular weight is 616 g/mol. The van der Waals surface area contributed by atoms with Crippen LogP contribution in [0.5, 0.6) is 23.0 Å². The van der Waals surface area contributed by atoms with E-state index in [0.29, 0.717) is 11.5 Å². The number of nitrogens with zero attached hydrogens (tertiary/aromatic N) is 2. The molecule has 1 aliphatic heterocycles. The van der Waals surface area contributed by atoms with Crippen molar-refractivity contribution in [3.8, 4) is 45.4 Å². The van der Waals surface area contributed by atoms with Crippen LogP contribution < -0.4 is 19.1 Å². The minimum absolute atomic E-state index is 0.676. The number of halogens is 1. The minimum Gasteiger partial charge on any atom is -0.493 e. The van der Waals surface area contributed by atoms with Crippen molar-refractivity contribution in [2.75, 3.05) is 19.1 Å². The van der Waals surface area contributed by atoms with Crippen molar-refractivity contribution in [2.45, 2.75) is 6.92 Å². The number of methoxy groups -OCH3 is 2. The van der Waals surface area contributed by atoms with Gasteiger partial charge >= 0.3 is 0 Å². The maximum absolute atomic E-state index is 6.32. The first-order valence-corrected chi connectivity index (χ1v) is 14.4. The van der Waals surface area contributed by atoms with Crippen LogP contribution in [-0.2, 0) is 0 Å². The molecule has 5 aromatic carbocycles. The zero-order chi connectivity index (χ0) is 28.8. The highest BCUT2D eigenvalue weighted by Gasteiger charge is 2.28. The summed E-state index contributed by atoms with van der Waals surface area (Å²) in [5, 5.41) is 1.07. The Kier molecular flexibility index (Phi) is 6.56. The molecule has 206 valence electrons. The molecule has 0 spiro atoms. The van der Waals surface area contributed by atoms with Crippen LogP contribution in [0.2, 0.25) is 0 Å². The van der Waals surface area contributed by atoms with Gasteiger partial charge in [-0.2, -0.15) is 0 Å². The number of hydrogen-bond donors (Lipinski definition) is 0. The lowest BCUT2D eigenvalue weighted by atomic mass is 9.94. The highest BCUT2D eigenvalue weighted by atomic mass is 79.9. The Morgan fingerprint density at radius 3 is 1.98 bits per heavy atom. The SMILES string of the molecule is COc1ccc(-c2cc(-c3ccc(Br)cc3)nc3c(N4c5ccccc5Oc5ccccc54)ccc(C)c23)cc1OC. The third-order valence-corrected chi connectivity index (χ3v) is 8.18. The van der Waals surface area contributed by atoms with Gasteiger partial charge in [-0.15, -0.1) is 0 Å². The Balaban J connectivity index is 1.57. The van der Waals surface area contributed by atoms with Gasteiger partial charge in [0.05, 0.1) is 42.5 Å². The monoisotopic (exact) mass is 614 g/mol. The third-order valence-electron chi connectivity index (χ3n) is 7.66. The van der Waals surface area contributed by atoms with Crippen molar-refractivity contribution in [2.24, 2.45) is 0 Å². The Morgan fingerprint density at radius 2 is 1.31 bits per heavy atom. The largest absolute Gasteiger partial charge is 0.493 e. The van der Waals surface area contributed by atoms with Gasteiger partial charge in [0.2, 0.25) is 0 Å². The van der Waals surface area contributed by atoms with E-state index in [1.54, 1.807) is 14.2 Å². The molecular formula is C36H27BrN2O3. The number of ether oxygens (including phenoxy) is 3. The number of aryl methyl sites for hydroxylation is 1. The van der Waals surface area contributed by atoms with Crippen molar-refractivity contribution < 1.29 is 14.2 Å². The van der Waals surface area contributed by atoms with E-state index in [4.69, 9.17) is 19.2 Å². The molecule has 42 heavy (non-hydrogen) atoms. The van der Waals surface area contributed by atoms with Crippen molar-refractivity contribution >= 4 is 43.9 Å². The molecule has 0 saturated carbocycles. The fourth-order valence-electron chi connectivity index (χ4n) is 5.64. The number of anilines is 3. The lowest BCUT2D eigenvalue weighted by Gasteiger charge is -2.33. The molecular weight excluding hydrogens is 588 g/mol. The smallest absolute Gasteiger partial charge is 0.161 e. The summed E-state index contributed by atoms with van der Waals surface area (Å²) < 4.78 is 18.6. The standard InChI is InChI=1S/C36H27BrN2O3/c1-22-12-18-30(39-28-8-4-6-10-31(28)42-32-11-7-5-9-29(32)39)36-35(22)26(24-15-19-33(40-2)34(20-24)41-3)21-27(38-36)23-13-16-25(37)17-14-23/h4-21H,1-3H3. The van der Waals surface area contributed by atoms with Gasteiger partial charge in [-0.3, -0.25) is 0 Å².